The summed E-state index contributed by atoms with van der Waals surface area (Å²) in [6.45, 7) is 4.74. The Labute approximate surface area is 142 Å². The van der Waals surface area contributed by atoms with Crippen LogP contribution in [0.25, 0.3) is 0 Å². The van der Waals surface area contributed by atoms with Gasteiger partial charge < -0.3 is 19.5 Å². The first-order valence-electron chi connectivity index (χ1n) is 7.86. The Morgan fingerprint density at radius 3 is 2.38 bits per heavy atom. The highest BCUT2D eigenvalue weighted by Gasteiger charge is 2.05. The van der Waals surface area contributed by atoms with Crippen LogP contribution in [-0.2, 0) is 4.79 Å². The number of benzene rings is 2. The van der Waals surface area contributed by atoms with Gasteiger partial charge in [0.2, 0.25) is 0 Å². The van der Waals surface area contributed by atoms with Gasteiger partial charge in [0.15, 0.2) is 6.61 Å². The monoisotopic (exact) mass is 329 g/mol. The van der Waals surface area contributed by atoms with Gasteiger partial charge in [0.05, 0.1) is 13.7 Å². The van der Waals surface area contributed by atoms with Crippen molar-refractivity contribution in [2.24, 2.45) is 5.92 Å². The van der Waals surface area contributed by atoms with Crippen LogP contribution in [0, 0.1) is 5.92 Å². The van der Waals surface area contributed by atoms with E-state index in [1.54, 1.807) is 37.4 Å². The average molecular weight is 329 g/mol. The molecule has 2 aromatic carbocycles. The van der Waals surface area contributed by atoms with Gasteiger partial charge in [-0.1, -0.05) is 19.9 Å². The molecule has 0 spiro atoms. The second-order valence-electron chi connectivity index (χ2n) is 5.75. The molecular formula is C19H23NO4. The van der Waals surface area contributed by atoms with Gasteiger partial charge in [0.25, 0.3) is 5.91 Å². The predicted molar refractivity (Wildman–Crippen MR) is 93.9 cm³/mol. The van der Waals surface area contributed by atoms with Crippen LogP contribution in [0.5, 0.6) is 17.2 Å². The molecule has 0 aromatic heterocycles. The highest BCUT2D eigenvalue weighted by molar-refractivity contribution is 5.92. The number of ether oxygens (including phenoxy) is 3. The fourth-order valence-corrected chi connectivity index (χ4v) is 1.94. The molecule has 2 rings (SSSR count). The van der Waals surface area contributed by atoms with Crippen LogP contribution in [0.2, 0.25) is 0 Å². The third-order valence-corrected chi connectivity index (χ3v) is 3.13. The molecule has 0 atom stereocenters. The van der Waals surface area contributed by atoms with E-state index in [4.69, 9.17) is 14.2 Å². The van der Waals surface area contributed by atoms with Gasteiger partial charge in [-0.3, -0.25) is 4.79 Å². The van der Waals surface area contributed by atoms with Gasteiger partial charge in [0.1, 0.15) is 17.2 Å². The first kappa shape index (κ1) is 17.7. The number of rotatable bonds is 8. The standard InChI is InChI=1S/C19H23NO4/c1-14(2)12-23-18-6-4-5-15(11-18)20-19(21)13-24-17-9-7-16(22-3)8-10-17/h4-11,14H,12-13H2,1-3H3,(H,20,21). The summed E-state index contributed by atoms with van der Waals surface area (Å²) < 4.78 is 16.2. The molecule has 2 aromatic rings. The number of hydrogen-bond donors (Lipinski definition) is 1. The smallest absolute Gasteiger partial charge is 0.262 e. The SMILES string of the molecule is COc1ccc(OCC(=O)Nc2cccc(OCC(C)C)c2)cc1. The first-order valence-corrected chi connectivity index (χ1v) is 7.86. The zero-order valence-corrected chi connectivity index (χ0v) is 14.2. The van der Waals surface area contributed by atoms with E-state index in [2.05, 4.69) is 19.2 Å². The summed E-state index contributed by atoms with van der Waals surface area (Å²) in [7, 11) is 1.60. The summed E-state index contributed by atoms with van der Waals surface area (Å²) in [5, 5.41) is 2.79. The van der Waals surface area contributed by atoms with Gasteiger partial charge in [-0.15, -0.1) is 0 Å². The molecule has 1 amide bonds. The highest BCUT2D eigenvalue weighted by Crippen LogP contribution is 2.19. The van der Waals surface area contributed by atoms with Crippen molar-refractivity contribution >= 4 is 11.6 Å². The summed E-state index contributed by atoms with van der Waals surface area (Å²) in [6.07, 6.45) is 0. The molecule has 5 heteroatoms. The number of carbonyl (C=O) groups is 1. The molecule has 0 aliphatic heterocycles. The fraction of sp³-hybridized carbons (Fsp3) is 0.316. The molecule has 24 heavy (non-hydrogen) atoms. The van der Waals surface area contributed by atoms with Crippen LogP contribution in [-0.4, -0.2) is 26.2 Å². The van der Waals surface area contributed by atoms with E-state index in [9.17, 15) is 4.79 Å². The van der Waals surface area contributed by atoms with Gasteiger partial charge in [-0.2, -0.15) is 0 Å². The van der Waals surface area contributed by atoms with Crippen molar-refractivity contribution in [1.29, 1.82) is 0 Å². The van der Waals surface area contributed by atoms with E-state index in [0.29, 0.717) is 24.0 Å². The highest BCUT2D eigenvalue weighted by atomic mass is 16.5. The summed E-state index contributed by atoms with van der Waals surface area (Å²) in [4.78, 5) is 12.0. The number of nitrogens with one attached hydrogen (secondary N) is 1. The van der Waals surface area contributed by atoms with Crippen molar-refractivity contribution in [3.8, 4) is 17.2 Å². The molecule has 0 bridgehead atoms. The number of methoxy groups -OCH3 is 1. The Morgan fingerprint density at radius 1 is 1.00 bits per heavy atom. The molecule has 0 aliphatic rings. The molecule has 0 unspecified atom stereocenters. The van der Waals surface area contributed by atoms with Crippen LogP contribution >= 0.6 is 0 Å². The Balaban J connectivity index is 1.84. The normalized spacial score (nSPS) is 10.3. The summed E-state index contributed by atoms with van der Waals surface area (Å²) in [5.41, 5.74) is 0.680. The molecule has 0 saturated carbocycles. The van der Waals surface area contributed by atoms with E-state index in [1.807, 2.05) is 18.2 Å². The van der Waals surface area contributed by atoms with E-state index in [-0.39, 0.29) is 12.5 Å². The third kappa shape index (κ3) is 5.83. The van der Waals surface area contributed by atoms with Crippen molar-refractivity contribution in [3.63, 3.8) is 0 Å². The maximum absolute atomic E-state index is 12.0. The Hall–Kier alpha value is -2.69. The zero-order valence-electron chi connectivity index (χ0n) is 14.2. The Bertz CT molecular complexity index is 653. The van der Waals surface area contributed by atoms with E-state index in [1.165, 1.54) is 0 Å². The van der Waals surface area contributed by atoms with Crippen LogP contribution < -0.4 is 19.5 Å². The average Bonchev–Trinajstić information content (AvgIpc) is 2.59. The molecule has 1 N–H and O–H groups in total. The molecular weight excluding hydrogens is 306 g/mol. The van der Waals surface area contributed by atoms with Gasteiger partial charge >= 0.3 is 0 Å². The minimum atomic E-state index is -0.230. The second-order valence-corrected chi connectivity index (χ2v) is 5.75. The van der Waals surface area contributed by atoms with Crippen LogP contribution in [0.4, 0.5) is 5.69 Å². The second kappa shape index (κ2) is 8.82. The van der Waals surface area contributed by atoms with E-state index >= 15 is 0 Å². The Morgan fingerprint density at radius 2 is 1.71 bits per heavy atom. The van der Waals surface area contributed by atoms with Gasteiger partial charge in [-0.25, -0.2) is 0 Å². The lowest BCUT2D eigenvalue weighted by Crippen LogP contribution is -2.20. The number of carbonyl (C=O) groups excluding carboxylic acids is 1. The molecule has 0 radical (unpaired) electrons. The van der Waals surface area contributed by atoms with Gasteiger partial charge in [0, 0.05) is 11.8 Å². The molecule has 5 nitrogen and oxygen atoms in total. The Kier molecular flexibility index (Phi) is 6.49. The molecule has 0 heterocycles. The summed E-state index contributed by atoms with van der Waals surface area (Å²) in [5.74, 6) is 2.30. The van der Waals surface area contributed by atoms with Crippen LogP contribution in [0.1, 0.15) is 13.8 Å². The molecule has 0 aliphatic carbocycles. The van der Waals surface area contributed by atoms with Crippen molar-refractivity contribution in [2.45, 2.75) is 13.8 Å². The third-order valence-electron chi connectivity index (χ3n) is 3.13. The fourth-order valence-electron chi connectivity index (χ4n) is 1.94. The minimum absolute atomic E-state index is 0.0661. The van der Waals surface area contributed by atoms with Crippen molar-refractivity contribution in [2.75, 3.05) is 25.6 Å². The largest absolute Gasteiger partial charge is 0.497 e. The summed E-state index contributed by atoms with van der Waals surface area (Å²) in [6, 6.07) is 14.4. The minimum Gasteiger partial charge on any atom is -0.497 e. The maximum Gasteiger partial charge on any atom is 0.262 e. The quantitative estimate of drug-likeness (QED) is 0.801. The van der Waals surface area contributed by atoms with Gasteiger partial charge in [-0.05, 0) is 42.3 Å². The summed E-state index contributed by atoms with van der Waals surface area (Å²) >= 11 is 0. The molecule has 128 valence electrons. The van der Waals surface area contributed by atoms with Crippen molar-refractivity contribution < 1.29 is 19.0 Å². The predicted octanol–water partition coefficient (Wildman–Crippen LogP) is 3.75. The molecule has 0 fully saturated rings. The van der Waals surface area contributed by atoms with Crippen LogP contribution in [0.15, 0.2) is 48.5 Å². The van der Waals surface area contributed by atoms with Crippen LogP contribution in [0.3, 0.4) is 0 Å². The first-order chi connectivity index (χ1) is 11.6. The number of hydrogen-bond acceptors (Lipinski definition) is 4. The molecule has 0 saturated heterocycles. The van der Waals surface area contributed by atoms with E-state index < -0.39 is 0 Å². The lowest BCUT2D eigenvalue weighted by atomic mass is 10.2. The van der Waals surface area contributed by atoms with Crippen molar-refractivity contribution in [1.82, 2.24) is 0 Å². The topological polar surface area (TPSA) is 56.8 Å². The lowest BCUT2D eigenvalue weighted by molar-refractivity contribution is -0.118. The number of anilines is 1. The number of amides is 1. The lowest BCUT2D eigenvalue weighted by Gasteiger charge is -2.11. The maximum atomic E-state index is 12.0. The van der Waals surface area contributed by atoms with E-state index in [0.717, 1.165) is 11.5 Å². The van der Waals surface area contributed by atoms with Crippen molar-refractivity contribution in [3.05, 3.63) is 48.5 Å². The zero-order chi connectivity index (χ0) is 17.4.